The summed E-state index contributed by atoms with van der Waals surface area (Å²) in [4.78, 5) is 0. The van der Waals surface area contributed by atoms with Gasteiger partial charge in [-0.15, -0.1) is 0 Å². The third-order valence-corrected chi connectivity index (χ3v) is 5.54. The van der Waals surface area contributed by atoms with Gasteiger partial charge in [-0.1, -0.05) is 0 Å². The van der Waals surface area contributed by atoms with Crippen LogP contribution >= 0.6 is 0 Å². The Morgan fingerprint density at radius 3 is 2.86 bits per heavy atom. The molecule has 1 atom stereocenters. The zero-order chi connectivity index (χ0) is 15.6. The van der Waals surface area contributed by atoms with Crippen molar-refractivity contribution in [2.24, 2.45) is 5.92 Å². The highest BCUT2D eigenvalue weighted by Gasteiger charge is 2.30. The summed E-state index contributed by atoms with van der Waals surface area (Å²) in [5.41, 5.74) is 0.913. The van der Waals surface area contributed by atoms with E-state index in [0.29, 0.717) is 32.2 Å². The molecule has 2 aliphatic rings. The molecular weight excluding hydrogens is 306 g/mol. The highest BCUT2D eigenvalue weighted by Crippen LogP contribution is 2.23. The molecule has 22 heavy (non-hydrogen) atoms. The SMILES string of the molecule is CS(=O)(=O)N1Cc2ccnn2[C@H](COCC2CCOCC2)C1. The summed E-state index contributed by atoms with van der Waals surface area (Å²) < 4.78 is 38.2. The summed E-state index contributed by atoms with van der Waals surface area (Å²) >= 11 is 0. The van der Waals surface area contributed by atoms with Gasteiger partial charge in [0.1, 0.15) is 0 Å². The van der Waals surface area contributed by atoms with Gasteiger partial charge in [-0.25, -0.2) is 8.42 Å². The average molecular weight is 329 g/mol. The zero-order valence-electron chi connectivity index (χ0n) is 12.8. The summed E-state index contributed by atoms with van der Waals surface area (Å²) in [6.07, 6.45) is 5.03. The Morgan fingerprint density at radius 2 is 2.14 bits per heavy atom. The maximum absolute atomic E-state index is 11.8. The number of fused-ring (bicyclic) bond motifs is 1. The van der Waals surface area contributed by atoms with E-state index in [1.54, 1.807) is 6.20 Å². The van der Waals surface area contributed by atoms with Gasteiger partial charge in [0.15, 0.2) is 0 Å². The molecule has 1 fully saturated rings. The first kappa shape index (κ1) is 15.9. The van der Waals surface area contributed by atoms with Gasteiger partial charge in [0.2, 0.25) is 10.0 Å². The summed E-state index contributed by atoms with van der Waals surface area (Å²) in [5.74, 6) is 0.542. The second kappa shape index (κ2) is 6.66. The second-order valence-corrected chi connectivity index (χ2v) is 8.05. The lowest BCUT2D eigenvalue weighted by atomic mass is 10.0. The second-order valence-electron chi connectivity index (χ2n) is 6.07. The first-order chi connectivity index (χ1) is 10.5. The van der Waals surface area contributed by atoms with E-state index in [2.05, 4.69) is 5.10 Å². The molecular formula is C14H23N3O4S. The van der Waals surface area contributed by atoms with Crippen LogP contribution in [-0.2, 0) is 26.0 Å². The molecule has 0 radical (unpaired) electrons. The van der Waals surface area contributed by atoms with Gasteiger partial charge >= 0.3 is 0 Å². The molecule has 0 aromatic carbocycles. The maximum atomic E-state index is 11.8. The van der Waals surface area contributed by atoms with Crippen LogP contribution in [0.2, 0.25) is 0 Å². The van der Waals surface area contributed by atoms with Crippen molar-refractivity contribution in [3.8, 4) is 0 Å². The molecule has 8 heteroatoms. The number of rotatable bonds is 5. The molecule has 0 bridgehead atoms. The fraction of sp³-hybridized carbons (Fsp3) is 0.786. The Morgan fingerprint density at radius 1 is 1.36 bits per heavy atom. The lowest BCUT2D eigenvalue weighted by Crippen LogP contribution is -2.42. The fourth-order valence-electron chi connectivity index (χ4n) is 3.01. The highest BCUT2D eigenvalue weighted by molar-refractivity contribution is 7.88. The normalized spacial score (nSPS) is 24.3. The number of ether oxygens (including phenoxy) is 2. The predicted molar refractivity (Wildman–Crippen MR) is 80.9 cm³/mol. The minimum atomic E-state index is -3.20. The van der Waals surface area contributed by atoms with Crippen LogP contribution in [0.1, 0.15) is 24.6 Å². The Labute approximate surface area is 131 Å². The minimum absolute atomic E-state index is 0.0617. The molecule has 0 spiro atoms. The average Bonchev–Trinajstić information content (AvgIpc) is 2.96. The summed E-state index contributed by atoms with van der Waals surface area (Å²) in [7, 11) is -3.20. The molecule has 0 unspecified atom stereocenters. The van der Waals surface area contributed by atoms with Gasteiger partial charge in [-0.3, -0.25) is 4.68 Å². The zero-order valence-corrected chi connectivity index (χ0v) is 13.7. The fourth-order valence-corrected chi connectivity index (χ4v) is 3.82. The lowest BCUT2D eigenvalue weighted by molar-refractivity contribution is 0.00776. The number of hydrogen-bond acceptors (Lipinski definition) is 5. The molecule has 2 aliphatic heterocycles. The van der Waals surface area contributed by atoms with Gasteiger partial charge in [-0.2, -0.15) is 9.40 Å². The monoisotopic (exact) mass is 329 g/mol. The lowest BCUT2D eigenvalue weighted by Gasteiger charge is -2.32. The molecule has 3 rings (SSSR count). The minimum Gasteiger partial charge on any atom is -0.381 e. The highest BCUT2D eigenvalue weighted by atomic mass is 32.2. The Balaban J connectivity index is 1.60. The van der Waals surface area contributed by atoms with Crippen LogP contribution in [0.4, 0.5) is 0 Å². The van der Waals surface area contributed by atoms with Gasteiger partial charge in [-0.05, 0) is 24.8 Å². The molecule has 1 saturated heterocycles. The van der Waals surface area contributed by atoms with Gasteiger partial charge in [0.25, 0.3) is 0 Å². The molecule has 0 amide bonds. The van der Waals surface area contributed by atoms with E-state index in [1.807, 2.05) is 10.7 Å². The van der Waals surface area contributed by atoms with Crippen LogP contribution in [0.25, 0.3) is 0 Å². The molecule has 1 aromatic heterocycles. The standard InChI is InChI=1S/C14H23N3O4S/c1-22(18,19)16-8-13-2-5-15-17(13)14(9-16)11-21-10-12-3-6-20-7-4-12/h2,5,12,14H,3-4,6-11H2,1H3/t14-/m0/s1. The Hall–Kier alpha value is -0.960. The van der Waals surface area contributed by atoms with Gasteiger partial charge in [0, 0.05) is 32.6 Å². The molecule has 124 valence electrons. The van der Waals surface area contributed by atoms with E-state index >= 15 is 0 Å². The number of nitrogens with zero attached hydrogens (tertiary/aromatic N) is 3. The van der Waals surface area contributed by atoms with Crippen molar-refractivity contribution in [3.63, 3.8) is 0 Å². The van der Waals surface area contributed by atoms with Crippen molar-refractivity contribution >= 4 is 10.0 Å². The molecule has 7 nitrogen and oxygen atoms in total. The topological polar surface area (TPSA) is 73.7 Å². The van der Waals surface area contributed by atoms with Crippen molar-refractivity contribution in [2.75, 3.05) is 39.2 Å². The van der Waals surface area contributed by atoms with E-state index in [-0.39, 0.29) is 6.04 Å². The largest absolute Gasteiger partial charge is 0.381 e. The molecule has 1 aromatic rings. The summed E-state index contributed by atoms with van der Waals surface area (Å²) in [5, 5.41) is 4.32. The third kappa shape index (κ3) is 3.68. The molecule has 0 aliphatic carbocycles. The molecule has 0 N–H and O–H groups in total. The van der Waals surface area contributed by atoms with Crippen molar-refractivity contribution in [1.29, 1.82) is 0 Å². The third-order valence-electron chi connectivity index (χ3n) is 4.32. The summed E-state index contributed by atoms with van der Waals surface area (Å²) in [6.45, 7) is 3.61. The van der Waals surface area contributed by atoms with Crippen LogP contribution in [0.15, 0.2) is 12.3 Å². The van der Waals surface area contributed by atoms with Crippen molar-refractivity contribution in [2.45, 2.75) is 25.4 Å². The Kier molecular flexibility index (Phi) is 4.82. The van der Waals surface area contributed by atoms with Crippen LogP contribution < -0.4 is 0 Å². The molecule has 0 saturated carbocycles. The Bertz CT molecular complexity index is 595. The van der Waals surface area contributed by atoms with Gasteiger partial charge in [0.05, 0.1) is 31.1 Å². The van der Waals surface area contributed by atoms with E-state index in [9.17, 15) is 8.42 Å². The number of sulfonamides is 1. The van der Waals surface area contributed by atoms with E-state index < -0.39 is 10.0 Å². The first-order valence-electron chi connectivity index (χ1n) is 7.67. The summed E-state index contributed by atoms with van der Waals surface area (Å²) in [6, 6.07) is 1.80. The van der Waals surface area contributed by atoms with E-state index in [1.165, 1.54) is 10.6 Å². The van der Waals surface area contributed by atoms with Gasteiger partial charge < -0.3 is 9.47 Å². The number of aromatic nitrogens is 2. The van der Waals surface area contributed by atoms with Crippen LogP contribution in [0.3, 0.4) is 0 Å². The van der Waals surface area contributed by atoms with E-state index in [0.717, 1.165) is 31.7 Å². The van der Waals surface area contributed by atoms with Crippen LogP contribution in [0, 0.1) is 5.92 Å². The van der Waals surface area contributed by atoms with Crippen LogP contribution in [-0.4, -0.2) is 61.7 Å². The first-order valence-corrected chi connectivity index (χ1v) is 9.52. The molecule has 3 heterocycles. The number of hydrogen-bond donors (Lipinski definition) is 0. The van der Waals surface area contributed by atoms with E-state index in [4.69, 9.17) is 9.47 Å². The maximum Gasteiger partial charge on any atom is 0.211 e. The van der Waals surface area contributed by atoms with Crippen LogP contribution in [0.5, 0.6) is 0 Å². The van der Waals surface area contributed by atoms with Crippen molar-refractivity contribution in [1.82, 2.24) is 14.1 Å². The quantitative estimate of drug-likeness (QED) is 0.793. The smallest absolute Gasteiger partial charge is 0.211 e. The predicted octanol–water partition coefficient (Wildman–Crippen LogP) is 0.643. The van der Waals surface area contributed by atoms with Crippen molar-refractivity contribution < 1.29 is 17.9 Å². The van der Waals surface area contributed by atoms with Crippen molar-refractivity contribution in [3.05, 3.63) is 18.0 Å².